The fourth-order valence-corrected chi connectivity index (χ4v) is 4.82. The minimum absolute atomic E-state index is 0.0604. The van der Waals surface area contributed by atoms with Gasteiger partial charge in [0.05, 0.1) is 43.4 Å². The van der Waals surface area contributed by atoms with Crippen LogP contribution in [0.1, 0.15) is 79.8 Å². The van der Waals surface area contributed by atoms with Gasteiger partial charge in [-0.25, -0.2) is 14.3 Å². The summed E-state index contributed by atoms with van der Waals surface area (Å²) in [6.45, 7) is 12.1. The first kappa shape index (κ1) is 27.0. The van der Waals surface area contributed by atoms with E-state index in [9.17, 15) is 14.7 Å². The van der Waals surface area contributed by atoms with Gasteiger partial charge < -0.3 is 18.9 Å². The second-order valence-corrected chi connectivity index (χ2v) is 8.82. The van der Waals surface area contributed by atoms with Gasteiger partial charge in [0.1, 0.15) is 0 Å². The molecule has 9 heteroatoms. The third-order valence-corrected chi connectivity index (χ3v) is 6.45. The molecule has 0 aliphatic heterocycles. The van der Waals surface area contributed by atoms with E-state index in [0.717, 1.165) is 0 Å². The summed E-state index contributed by atoms with van der Waals surface area (Å²) in [7, 11) is -1.49. The summed E-state index contributed by atoms with van der Waals surface area (Å²) in [5.41, 5.74) is 1.28. The molecule has 0 bridgehead atoms. The van der Waals surface area contributed by atoms with Gasteiger partial charge >= 0.3 is 11.9 Å². The van der Waals surface area contributed by atoms with Crippen LogP contribution in [0.3, 0.4) is 0 Å². The van der Waals surface area contributed by atoms with Crippen LogP contribution in [0.4, 0.5) is 0 Å². The molecule has 8 nitrogen and oxygen atoms in total. The SMILES string of the molecule is CCOC(=O)c1cc(COP(OCCC#N)N(C(C)C)C(C)C)cc(C(=O)O)c1CC. The number of nitriles is 1. The molecule has 1 atom stereocenters. The van der Waals surface area contributed by atoms with Crippen molar-refractivity contribution in [3.8, 4) is 6.07 Å². The summed E-state index contributed by atoms with van der Waals surface area (Å²) in [4.78, 5) is 24.2. The van der Waals surface area contributed by atoms with E-state index in [4.69, 9.17) is 19.0 Å². The number of esters is 1. The average molecular weight is 452 g/mol. The highest BCUT2D eigenvalue weighted by molar-refractivity contribution is 7.44. The number of carbonyl (C=O) groups excluding carboxylic acids is 1. The maximum absolute atomic E-state index is 12.4. The third kappa shape index (κ3) is 7.86. The van der Waals surface area contributed by atoms with Crippen LogP contribution >= 0.6 is 8.53 Å². The van der Waals surface area contributed by atoms with E-state index in [2.05, 4.69) is 10.7 Å². The molecule has 1 N–H and O–H groups in total. The molecule has 1 unspecified atom stereocenters. The Kier molecular flexibility index (Phi) is 11.7. The van der Waals surface area contributed by atoms with Gasteiger partial charge in [0, 0.05) is 12.1 Å². The quantitative estimate of drug-likeness (QED) is 0.255. The van der Waals surface area contributed by atoms with E-state index in [0.29, 0.717) is 17.5 Å². The van der Waals surface area contributed by atoms with E-state index < -0.39 is 20.5 Å². The molecule has 0 heterocycles. The fraction of sp³-hybridized carbons (Fsp3) is 0.591. The second kappa shape index (κ2) is 13.4. The number of carboxylic acid groups (broad SMARTS) is 1. The van der Waals surface area contributed by atoms with Crippen molar-refractivity contribution in [1.82, 2.24) is 4.67 Å². The number of ether oxygens (including phenoxy) is 1. The maximum Gasteiger partial charge on any atom is 0.338 e. The zero-order chi connectivity index (χ0) is 23.6. The van der Waals surface area contributed by atoms with Crippen LogP contribution in [-0.4, -0.2) is 47.0 Å². The summed E-state index contributed by atoms with van der Waals surface area (Å²) in [5, 5.41) is 18.5. The van der Waals surface area contributed by atoms with Crippen molar-refractivity contribution in [2.45, 2.75) is 73.1 Å². The molecule has 0 saturated carbocycles. The highest BCUT2D eigenvalue weighted by Crippen LogP contribution is 2.46. The lowest BCUT2D eigenvalue weighted by Gasteiger charge is -2.35. The van der Waals surface area contributed by atoms with Crippen molar-refractivity contribution < 1.29 is 28.5 Å². The molecule has 0 aromatic heterocycles. The van der Waals surface area contributed by atoms with Crippen LogP contribution in [-0.2, 0) is 26.8 Å². The average Bonchev–Trinajstić information content (AvgIpc) is 2.70. The molecule has 0 radical (unpaired) electrons. The minimum Gasteiger partial charge on any atom is -0.478 e. The van der Waals surface area contributed by atoms with E-state index >= 15 is 0 Å². The predicted molar refractivity (Wildman–Crippen MR) is 119 cm³/mol. The smallest absolute Gasteiger partial charge is 0.338 e. The molecule has 31 heavy (non-hydrogen) atoms. The Bertz CT molecular complexity index is 783. The number of aromatic carboxylic acids is 1. The van der Waals surface area contributed by atoms with Crippen molar-refractivity contribution in [1.29, 1.82) is 5.26 Å². The Morgan fingerprint density at radius 1 is 1.13 bits per heavy atom. The lowest BCUT2D eigenvalue weighted by atomic mass is 9.96. The van der Waals surface area contributed by atoms with Crippen molar-refractivity contribution in [3.63, 3.8) is 0 Å². The lowest BCUT2D eigenvalue weighted by Crippen LogP contribution is -2.33. The van der Waals surface area contributed by atoms with Gasteiger partial charge in [0.25, 0.3) is 8.53 Å². The lowest BCUT2D eigenvalue weighted by molar-refractivity contribution is 0.0525. The summed E-state index contributed by atoms with van der Waals surface area (Å²) >= 11 is 0. The third-order valence-electron chi connectivity index (χ3n) is 4.39. The van der Waals surface area contributed by atoms with Crippen LogP contribution in [0, 0.1) is 11.3 Å². The van der Waals surface area contributed by atoms with Gasteiger partial charge in [-0.3, -0.25) is 0 Å². The van der Waals surface area contributed by atoms with E-state index in [-0.39, 0.29) is 49.5 Å². The van der Waals surface area contributed by atoms with Crippen molar-refractivity contribution in [2.24, 2.45) is 0 Å². The molecule has 0 aliphatic carbocycles. The highest BCUT2D eigenvalue weighted by Gasteiger charge is 2.28. The first-order valence-corrected chi connectivity index (χ1v) is 11.6. The Balaban J connectivity index is 3.25. The van der Waals surface area contributed by atoms with E-state index in [1.807, 2.05) is 27.7 Å². The number of rotatable bonds is 13. The number of hydrogen-bond donors (Lipinski definition) is 1. The Hall–Kier alpha value is -2.04. The molecule has 1 aromatic rings. The first-order valence-electron chi connectivity index (χ1n) is 10.4. The van der Waals surface area contributed by atoms with Gasteiger partial charge in [-0.2, -0.15) is 5.26 Å². The normalized spacial score (nSPS) is 12.3. The number of nitrogens with zero attached hydrogens (tertiary/aromatic N) is 2. The van der Waals surface area contributed by atoms with Gasteiger partial charge in [-0.05, 0) is 64.3 Å². The van der Waals surface area contributed by atoms with Gasteiger partial charge in [-0.15, -0.1) is 0 Å². The number of benzene rings is 1. The number of hydrogen-bond acceptors (Lipinski definition) is 7. The molecular formula is C22H33N2O6P. The standard InChI is InChI=1S/C22H33N2O6P/c1-7-18-19(21(25)26)12-17(13-20(18)22(27)28-8-2)14-30-31(29-11-9-10-23)24(15(3)4)16(5)6/h12-13,15-16H,7-9,11,14H2,1-6H3,(H,25,26). The Labute approximate surface area is 186 Å². The molecule has 0 amide bonds. The summed E-state index contributed by atoms with van der Waals surface area (Å²) in [5.74, 6) is -1.66. The topological polar surface area (TPSA) is 109 Å². The minimum atomic E-state index is -1.49. The van der Waals surface area contributed by atoms with E-state index in [1.54, 1.807) is 19.9 Å². The maximum atomic E-state index is 12.4. The molecule has 0 saturated heterocycles. The Morgan fingerprint density at radius 3 is 2.23 bits per heavy atom. The van der Waals surface area contributed by atoms with E-state index in [1.165, 1.54) is 6.07 Å². The largest absolute Gasteiger partial charge is 0.478 e. The van der Waals surface area contributed by atoms with Gasteiger partial charge in [0.2, 0.25) is 0 Å². The zero-order valence-corrected chi connectivity index (χ0v) is 20.1. The monoisotopic (exact) mass is 452 g/mol. The van der Waals surface area contributed by atoms with Gasteiger partial charge in [0.15, 0.2) is 0 Å². The molecule has 0 spiro atoms. The zero-order valence-electron chi connectivity index (χ0n) is 19.2. The fourth-order valence-electron chi connectivity index (χ4n) is 3.22. The summed E-state index contributed by atoms with van der Waals surface area (Å²) in [6, 6.07) is 5.49. The summed E-state index contributed by atoms with van der Waals surface area (Å²) < 4.78 is 19.1. The van der Waals surface area contributed by atoms with Crippen molar-refractivity contribution in [3.05, 3.63) is 34.4 Å². The van der Waals surface area contributed by atoms with Crippen molar-refractivity contribution >= 4 is 20.5 Å². The summed E-state index contributed by atoms with van der Waals surface area (Å²) in [6.07, 6.45) is 0.628. The van der Waals surface area contributed by atoms with Crippen LogP contribution < -0.4 is 0 Å². The number of carbonyl (C=O) groups is 2. The number of carboxylic acids is 1. The molecular weight excluding hydrogens is 419 g/mol. The van der Waals surface area contributed by atoms with Crippen LogP contribution in [0.5, 0.6) is 0 Å². The molecule has 172 valence electrons. The van der Waals surface area contributed by atoms with Crippen LogP contribution in [0.25, 0.3) is 0 Å². The highest BCUT2D eigenvalue weighted by atomic mass is 31.2. The Morgan fingerprint density at radius 2 is 1.74 bits per heavy atom. The molecule has 1 aromatic carbocycles. The second-order valence-electron chi connectivity index (χ2n) is 7.37. The molecule has 1 rings (SSSR count). The molecule has 0 aliphatic rings. The molecule has 0 fully saturated rings. The predicted octanol–water partition coefficient (Wildman–Crippen LogP) is 4.92. The first-order chi connectivity index (χ1) is 14.7. The van der Waals surface area contributed by atoms with Crippen molar-refractivity contribution in [2.75, 3.05) is 13.2 Å². The van der Waals surface area contributed by atoms with Crippen LogP contribution in [0.2, 0.25) is 0 Å². The van der Waals surface area contributed by atoms with Crippen LogP contribution in [0.15, 0.2) is 12.1 Å². The van der Waals surface area contributed by atoms with Gasteiger partial charge in [-0.1, -0.05) is 6.92 Å².